The van der Waals surface area contributed by atoms with Gasteiger partial charge in [-0.1, -0.05) is 32.9 Å². The molecule has 3 aliphatic rings. The fourth-order valence-corrected chi connectivity index (χ4v) is 6.60. The predicted molar refractivity (Wildman–Crippen MR) is 139 cm³/mol. The van der Waals surface area contributed by atoms with Crippen LogP contribution in [0.25, 0.3) is 10.9 Å². The van der Waals surface area contributed by atoms with Crippen LogP contribution >= 0.6 is 0 Å². The molecule has 0 saturated carbocycles. The lowest BCUT2D eigenvalue weighted by molar-refractivity contribution is -0.0203. The molecule has 0 unspecified atom stereocenters. The number of piperidine rings is 1. The van der Waals surface area contributed by atoms with Crippen LogP contribution in [0.15, 0.2) is 36.1 Å². The number of rotatable bonds is 5. The molecule has 5 rings (SSSR count). The maximum absolute atomic E-state index is 6.65. The van der Waals surface area contributed by atoms with Crippen LogP contribution in [0.3, 0.4) is 0 Å². The van der Waals surface area contributed by atoms with E-state index in [1.54, 1.807) is 0 Å². The molecule has 0 radical (unpaired) electrons. The standard InChI is InChI=1S/C28H40N2O3Si/c1-8-31-27-20-11-9-10-12-24(20)29-26-23(27)15-30-14-22-18(2)32-16-19(21(22)13-25(26)30)17-33-34(6,7)28(3,4)5/h9-12,16,18,21-22,25H,8,13-15,17H2,1-7H3/t18-,21+,22-,25-/m0/s1. The molecule has 2 aromatic rings. The van der Waals surface area contributed by atoms with E-state index in [4.69, 9.17) is 18.9 Å². The second kappa shape index (κ2) is 8.65. The fourth-order valence-electron chi connectivity index (χ4n) is 5.64. The minimum atomic E-state index is -1.83. The van der Waals surface area contributed by atoms with E-state index < -0.39 is 8.32 Å². The first-order chi connectivity index (χ1) is 16.1. The predicted octanol–water partition coefficient (Wildman–Crippen LogP) is 6.45. The van der Waals surface area contributed by atoms with Gasteiger partial charge in [-0.2, -0.15) is 0 Å². The van der Waals surface area contributed by atoms with Crippen LogP contribution in [0.1, 0.15) is 58.3 Å². The Hall–Kier alpha value is -1.89. The van der Waals surface area contributed by atoms with Gasteiger partial charge in [-0.3, -0.25) is 9.88 Å². The van der Waals surface area contributed by atoms with Gasteiger partial charge in [0.05, 0.1) is 42.8 Å². The van der Waals surface area contributed by atoms with E-state index in [2.05, 4.69) is 76.9 Å². The van der Waals surface area contributed by atoms with Gasteiger partial charge < -0.3 is 13.9 Å². The molecule has 1 fully saturated rings. The highest BCUT2D eigenvalue weighted by atomic mass is 28.4. The summed E-state index contributed by atoms with van der Waals surface area (Å²) in [5.41, 5.74) is 4.85. The van der Waals surface area contributed by atoms with Gasteiger partial charge >= 0.3 is 0 Å². The number of pyridine rings is 1. The first-order valence-corrected chi connectivity index (χ1v) is 15.8. The minimum absolute atomic E-state index is 0.199. The van der Waals surface area contributed by atoms with Crippen LogP contribution < -0.4 is 4.74 Å². The summed E-state index contributed by atoms with van der Waals surface area (Å²) in [5, 5.41) is 1.32. The van der Waals surface area contributed by atoms with Gasteiger partial charge in [-0.25, -0.2) is 0 Å². The second-order valence-corrected chi connectivity index (χ2v) is 16.6. The van der Waals surface area contributed by atoms with Crippen molar-refractivity contribution in [3.8, 4) is 5.75 Å². The zero-order chi connectivity index (χ0) is 24.3. The van der Waals surface area contributed by atoms with E-state index >= 15 is 0 Å². The number of hydrogen-bond donors (Lipinski definition) is 0. The van der Waals surface area contributed by atoms with Crippen molar-refractivity contribution in [1.82, 2.24) is 9.88 Å². The summed E-state index contributed by atoms with van der Waals surface area (Å²) in [7, 11) is -1.83. The number of para-hydroxylation sites is 1. The molecule has 0 spiro atoms. The van der Waals surface area contributed by atoms with Crippen LogP contribution in [0, 0.1) is 11.8 Å². The summed E-state index contributed by atoms with van der Waals surface area (Å²) in [6, 6.07) is 8.72. The first-order valence-electron chi connectivity index (χ1n) is 12.9. The molecule has 1 saturated heterocycles. The molecule has 0 N–H and O–H groups in total. The van der Waals surface area contributed by atoms with Crippen molar-refractivity contribution in [2.24, 2.45) is 11.8 Å². The molecule has 0 bridgehead atoms. The average molecular weight is 481 g/mol. The smallest absolute Gasteiger partial charge is 0.192 e. The Kier molecular flexibility index (Phi) is 6.06. The van der Waals surface area contributed by atoms with E-state index in [0.29, 0.717) is 31.1 Å². The topological polar surface area (TPSA) is 43.8 Å². The monoisotopic (exact) mass is 480 g/mol. The van der Waals surface area contributed by atoms with E-state index in [-0.39, 0.29) is 11.1 Å². The highest BCUT2D eigenvalue weighted by Crippen LogP contribution is 2.51. The lowest BCUT2D eigenvalue weighted by Crippen LogP contribution is -2.48. The van der Waals surface area contributed by atoms with Crippen molar-refractivity contribution in [2.45, 2.75) is 77.9 Å². The zero-order valence-corrected chi connectivity index (χ0v) is 22.9. The lowest BCUT2D eigenvalue weighted by Gasteiger charge is -2.46. The quantitative estimate of drug-likeness (QED) is 0.460. The Morgan fingerprint density at radius 1 is 1.21 bits per heavy atom. The highest BCUT2D eigenvalue weighted by Gasteiger charge is 2.48. The Labute approximate surface area is 205 Å². The third-order valence-corrected chi connectivity index (χ3v) is 13.2. The van der Waals surface area contributed by atoms with E-state index in [1.165, 1.54) is 16.8 Å². The molecule has 184 valence electrons. The minimum Gasteiger partial charge on any atom is -0.498 e. The molecule has 1 aromatic carbocycles. The normalized spacial score (nSPS) is 27.0. The van der Waals surface area contributed by atoms with Gasteiger partial charge in [0.1, 0.15) is 5.75 Å². The van der Waals surface area contributed by atoms with Gasteiger partial charge in [-0.05, 0) is 62.0 Å². The van der Waals surface area contributed by atoms with E-state index in [9.17, 15) is 0 Å². The molecule has 0 aliphatic carbocycles. The van der Waals surface area contributed by atoms with E-state index in [1.807, 2.05) is 6.26 Å². The fraction of sp³-hybridized carbons (Fsp3) is 0.607. The largest absolute Gasteiger partial charge is 0.498 e. The molecule has 6 heteroatoms. The van der Waals surface area contributed by atoms with Crippen molar-refractivity contribution in [2.75, 3.05) is 19.8 Å². The Balaban J connectivity index is 1.46. The molecule has 34 heavy (non-hydrogen) atoms. The Morgan fingerprint density at radius 3 is 2.71 bits per heavy atom. The average Bonchev–Trinajstić information content (AvgIpc) is 3.14. The van der Waals surface area contributed by atoms with Crippen LogP contribution in [-0.2, 0) is 15.7 Å². The summed E-state index contributed by atoms with van der Waals surface area (Å²) in [5.74, 6) is 1.96. The number of fused-ring (bicyclic) bond motifs is 5. The highest BCUT2D eigenvalue weighted by molar-refractivity contribution is 6.74. The first kappa shape index (κ1) is 23.8. The van der Waals surface area contributed by atoms with Crippen LogP contribution in [0.2, 0.25) is 18.1 Å². The second-order valence-electron chi connectivity index (χ2n) is 11.8. The number of ether oxygens (including phenoxy) is 2. The molecule has 3 aliphatic heterocycles. The van der Waals surface area contributed by atoms with Crippen molar-refractivity contribution >= 4 is 19.2 Å². The van der Waals surface area contributed by atoms with Crippen LogP contribution in [0.5, 0.6) is 5.75 Å². The van der Waals surface area contributed by atoms with Crippen molar-refractivity contribution < 1.29 is 13.9 Å². The van der Waals surface area contributed by atoms with Crippen LogP contribution in [-0.4, -0.2) is 44.1 Å². The third kappa shape index (κ3) is 3.97. The summed E-state index contributed by atoms with van der Waals surface area (Å²) >= 11 is 0. The summed E-state index contributed by atoms with van der Waals surface area (Å²) in [6.07, 6.45) is 3.29. The number of aromatic nitrogens is 1. The van der Waals surface area contributed by atoms with Crippen molar-refractivity contribution in [3.05, 3.63) is 47.4 Å². The molecule has 1 aromatic heterocycles. The summed E-state index contributed by atoms with van der Waals surface area (Å²) in [6.45, 7) is 19.1. The lowest BCUT2D eigenvalue weighted by atomic mass is 9.74. The maximum atomic E-state index is 6.65. The summed E-state index contributed by atoms with van der Waals surface area (Å²) in [4.78, 5) is 7.79. The molecule has 4 heterocycles. The van der Waals surface area contributed by atoms with Crippen LogP contribution in [0.4, 0.5) is 0 Å². The maximum Gasteiger partial charge on any atom is 0.192 e. The molecular formula is C28H40N2O3Si. The Bertz CT molecular complexity index is 1110. The third-order valence-electron chi connectivity index (χ3n) is 8.74. The summed E-state index contributed by atoms with van der Waals surface area (Å²) < 4.78 is 19.0. The molecule has 0 amide bonds. The number of hydrogen-bond acceptors (Lipinski definition) is 5. The SMILES string of the molecule is CCOc1c2c(nc3ccccc13)[C@@H]1C[C@@H]3C(CO[Si](C)(C)C(C)(C)C)=CO[C@@H](C)[C@@H]3CN1C2. The molecule has 4 atom stereocenters. The molecular weight excluding hydrogens is 440 g/mol. The van der Waals surface area contributed by atoms with Gasteiger partial charge in [0.15, 0.2) is 8.32 Å². The number of nitrogens with zero attached hydrogens (tertiary/aromatic N) is 2. The van der Waals surface area contributed by atoms with Crippen molar-refractivity contribution in [3.63, 3.8) is 0 Å². The Morgan fingerprint density at radius 2 is 1.97 bits per heavy atom. The van der Waals surface area contributed by atoms with Gasteiger partial charge in [-0.15, -0.1) is 0 Å². The van der Waals surface area contributed by atoms with Gasteiger partial charge in [0.25, 0.3) is 0 Å². The van der Waals surface area contributed by atoms with Crippen molar-refractivity contribution in [1.29, 1.82) is 0 Å². The van der Waals surface area contributed by atoms with E-state index in [0.717, 1.165) is 36.2 Å². The van der Waals surface area contributed by atoms with Gasteiger partial charge in [0.2, 0.25) is 0 Å². The molecule has 5 nitrogen and oxygen atoms in total. The zero-order valence-electron chi connectivity index (χ0n) is 21.9. The number of benzene rings is 1. The van der Waals surface area contributed by atoms with Gasteiger partial charge in [0, 0.05) is 30.0 Å².